The van der Waals surface area contributed by atoms with Crippen LogP contribution in [0.15, 0.2) is 5.16 Å². The number of thioether (sulfide) groups is 1. The van der Waals surface area contributed by atoms with Gasteiger partial charge in [-0.15, -0.1) is 0 Å². The van der Waals surface area contributed by atoms with Crippen LogP contribution in [-0.4, -0.2) is 29.3 Å². The van der Waals surface area contributed by atoms with E-state index < -0.39 is 0 Å². The Morgan fingerprint density at radius 2 is 1.83 bits per heavy atom. The first-order chi connectivity index (χ1) is 8.88. The summed E-state index contributed by atoms with van der Waals surface area (Å²) in [5.74, 6) is 1.19. The molecule has 98 valence electrons. The van der Waals surface area contributed by atoms with Gasteiger partial charge in [0.15, 0.2) is 5.16 Å². The molecule has 18 heavy (non-hydrogen) atoms. The fraction of sp³-hybridized carbons (Fsp3) is 0.692. The van der Waals surface area contributed by atoms with Crippen LogP contribution in [0.25, 0.3) is 0 Å². The van der Waals surface area contributed by atoms with E-state index >= 15 is 0 Å². The number of fused-ring (bicyclic) bond motifs is 1. The molecule has 2 aliphatic heterocycles. The molecule has 0 aromatic carbocycles. The van der Waals surface area contributed by atoms with Gasteiger partial charge in [-0.05, 0) is 19.1 Å². The normalized spacial score (nSPS) is 19.7. The van der Waals surface area contributed by atoms with Crippen molar-refractivity contribution in [2.75, 3.05) is 24.2 Å². The van der Waals surface area contributed by atoms with Gasteiger partial charge in [-0.25, -0.2) is 9.97 Å². The van der Waals surface area contributed by atoms with E-state index in [0.29, 0.717) is 0 Å². The molecular weight excluding hydrogens is 244 g/mol. The lowest BCUT2D eigenvalue weighted by molar-refractivity contribution is 0.726. The molecule has 5 heteroatoms. The first kappa shape index (κ1) is 12.2. The highest BCUT2D eigenvalue weighted by molar-refractivity contribution is 7.98. The zero-order chi connectivity index (χ0) is 12.4. The Bertz CT molecular complexity index is 427. The summed E-state index contributed by atoms with van der Waals surface area (Å²) in [4.78, 5) is 11.9. The van der Waals surface area contributed by atoms with Crippen LogP contribution in [0.1, 0.15) is 36.9 Å². The number of hydrogen-bond acceptors (Lipinski definition) is 5. The van der Waals surface area contributed by atoms with Gasteiger partial charge in [-0.3, -0.25) is 0 Å². The minimum absolute atomic E-state index is 0.895. The molecule has 1 saturated heterocycles. The van der Waals surface area contributed by atoms with Crippen LogP contribution in [0.2, 0.25) is 0 Å². The van der Waals surface area contributed by atoms with Crippen LogP contribution in [0, 0.1) is 0 Å². The quantitative estimate of drug-likeness (QED) is 0.655. The molecule has 1 fully saturated rings. The molecule has 0 unspecified atom stereocenters. The Labute approximate surface area is 113 Å². The zero-order valence-electron chi connectivity index (χ0n) is 10.9. The van der Waals surface area contributed by atoms with E-state index in [9.17, 15) is 0 Å². The highest BCUT2D eigenvalue weighted by Gasteiger charge is 2.23. The molecule has 2 aliphatic rings. The van der Waals surface area contributed by atoms with Crippen molar-refractivity contribution in [3.8, 4) is 0 Å². The fourth-order valence-corrected chi connectivity index (χ4v) is 3.14. The van der Waals surface area contributed by atoms with Crippen molar-refractivity contribution in [1.29, 1.82) is 0 Å². The maximum Gasteiger partial charge on any atom is 0.189 e. The Hall–Kier alpha value is -0.810. The van der Waals surface area contributed by atoms with Gasteiger partial charge >= 0.3 is 0 Å². The van der Waals surface area contributed by atoms with Crippen molar-refractivity contribution in [3.05, 3.63) is 11.3 Å². The van der Waals surface area contributed by atoms with Crippen molar-refractivity contribution >= 4 is 17.6 Å². The molecule has 3 rings (SSSR count). The minimum atomic E-state index is 0.895. The van der Waals surface area contributed by atoms with E-state index in [1.54, 1.807) is 11.8 Å². The third-order valence-corrected chi connectivity index (χ3v) is 4.28. The maximum absolute atomic E-state index is 4.77. The first-order valence-electron chi connectivity index (χ1n) is 6.78. The molecule has 3 heterocycles. The molecule has 0 amide bonds. The summed E-state index contributed by atoms with van der Waals surface area (Å²) in [7, 11) is 0. The molecule has 0 bridgehead atoms. The van der Waals surface area contributed by atoms with Gasteiger partial charge in [0, 0.05) is 31.7 Å². The monoisotopic (exact) mass is 264 g/mol. The molecule has 1 aromatic rings. The topological polar surface area (TPSA) is 41.1 Å². The van der Waals surface area contributed by atoms with Crippen molar-refractivity contribution in [2.24, 2.45) is 0 Å². The van der Waals surface area contributed by atoms with Gasteiger partial charge in [-0.2, -0.15) is 0 Å². The summed E-state index contributed by atoms with van der Waals surface area (Å²) in [6, 6.07) is 0. The number of aromatic nitrogens is 2. The second kappa shape index (κ2) is 5.45. The maximum atomic E-state index is 4.77. The van der Waals surface area contributed by atoms with Crippen molar-refractivity contribution in [1.82, 2.24) is 15.3 Å². The molecule has 1 N–H and O–H groups in total. The first-order valence-corrected chi connectivity index (χ1v) is 8.00. The predicted octanol–water partition coefficient (Wildman–Crippen LogP) is 2.18. The van der Waals surface area contributed by atoms with E-state index in [0.717, 1.165) is 31.3 Å². The van der Waals surface area contributed by atoms with Crippen LogP contribution in [0.4, 0.5) is 5.82 Å². The molecule has 0 aliphatic carbocycles. The highest BCUT2D eigenvalue weighted by atomic mass is 32.2. The molecule has 0 saturated carbocycles. The number of anilines is 1. The lowest BCUT2D eigenvalue weighted by atomic mass is 10.2. The third-order valence-electron chi connectivity index (χ3n) is 3.73. The number of hydrogen-bond donors (Lipinski definition) is 1. The van der Waals surface area contributed by atoms with Crippen LogP contribution < -0.4 is 10.2 Å². The summed E-state index contributed by atoms with van der Waals surface area (Å²) >= 11 is 1.64. The van der Waals surface area contributed by atoms with Gasteiger partial charge < -0.3 is 10.2 Å². The fourth-order valence-electron chi connectivity index (χ4n) is 2.76. The van der Waals surface area contributed by atoms with Crippen LogP contribution >= 0.6 is 11.8 Å². The van der Waals surface area contributed by atoms with Crippen molar-refractivity contribution in [3.63, 3.8) is 0 Å². The SMILES string of the molecule is CSc1nc2c(c(N3CCCCCC3)n1)CNC2. The van der Waals surface area contributed by atoms with Gasteiger partial charge in [0.05, 0.1) is 5.69 Å². The Kier molecular flexibility index (Phi) is 3.70. The van der Waals surface area contributed by atoms with Gasteiger partial charge in [-0.1, -0.05) is 24.6 Å². The molecule has 4 nitrogen and oxygen atoms in total. The standard InChI is InChI=1S/C13H20N4S/c1-18-13-15-11-9-14-8-10(11)12(16-13)17-6-4-2-3-5-7-17/h14H,2-9H2,1H3. The van der Waals surface area contributed by atoms with E-state index in [2.05, 4.69) is 21.5 Å². The van der Waals surface area contributed by atoms with Crippen LogP contribution in [-0.2, 0) is 13.1 Å². The van der Waals surface area contributed by atoms with Crippen molar-refractivity contribution in [2.45, 2.75) is 43.9 Å². The predicted molar refractivity (Wildman–Crippen MR) is 75.0 cm³/mol. The molecule has 1 aromatic heterocycles. The van der Waals surface area contributed by atoms with Crippen LogP contribution in [0.5, 0.6) is 0 Å². The summed E-state index contributed by atoms with van der Waals surface area (Å²) in [5, 5.41) is 4.31. The molecule has 0 atom stereocenters. The van der Waals surface area contributed by atoms with E-state index in [-0.39, 0.29) is 0 Å². The highest BCUT2D eigenvalue weighted by Crippen LogP contribution is 2.28. The van der Waals surface area contributed by atoms with Crippen molar-refractivity contribution < 1.29 is 0 Å². The second-order valence-electron chi connectivity index (χ2n) is 4.96. The van der Waals surface area contributed by atoms with E-state index in [4.69, 9.17) is 4.98 Å². The lowest BCUT2D eigenvalue weighted by Crippen LogP contribution is -2.26. The summed E-state index contributed by atoms with van der Waals surface area (Å²) in [5.41, 5.74) is 2.53. The van der Waals surface area contributed by atoms with E-state index in [1.807, 2.05) is 0 Å². The average Bonchev–Trinajstić information content (AvgIpc) is 2.70. The van der Waals surface area contributed by atoms with Gasteiger partial charge in [0.1, 0.15) is 5.82 Å². The van der Waals surface area contributed by atoms with Gasteiger partial charge in [0.25, 0.3) is 0 Å². The Morgan fingerprint density at radius 1 is 1.06 bits per heavy atom. The Morgan fingerprint density at radius 3 is 2.56 bits per heavy atom. The Balaban J connectivity index is 1.96. The third kappa shape index (κ3) is 2.34. The summed E-state index contributed by atoms with van der Waals surface area (Å²) in [6.45, 7) is 4.12. The minimum Gasteiger partial charge on any atom is -0.356 e. The van der Waals surface area contributed by atoms with Crippen LogP contribution in [0.3, 0.4) is 0 Å². The summed E-state index contributed by atoms with van der Waals surface area (Å²) < 4.78 is 0. The number of nitrogens with one attached hydrogen (secondary N) is 1. The van der Waals surface area contributed by atoms with Gasteiger partial charge in [0.2, 0.25) is 0 Å². The molecule has 0 radical (unpaired) electrons. The summed E-state index contributed by atoms with van der Waals surface area (Å²) in [6.07, 6.45) is 7.35. The molecule has 0 spiro atoms. The average molecular weight is 264 g/mol. The largest absolute Gasteiger partial charge is 0.356 e. The number of nitrogens with zero attached hydrogens (tertiary/aromatic N) is 3. The second-order valence-corrected chi connectivity index (χ2v) is 5.74. The van der Waals surface area contributed by atoms with E-state index in [1.165, 1.54) is 42.8 Å². The molecular formula is C13H20N4S. The number of rotatable bonds is 2. The zero-order valence-corrected chi connectivity index (χ0v) is 11.7. The smallest absolute Gasteiger partial charge is 0.189 e. The lowest BCUT2D eigenvalue weighted by Gasteiger charge is -2.24.